The van der Waals surface area contributed by atoms with Crippen LogP contribution in [0.25, 0.3) is 27.8 Å². The SMILES string of the molecule is C[C@@H]1OCC2(CCN(c3ncc(-c4ccnc5[nH]ccc45)c4nccn34)CC2)[C@@H]1N.S.S. The third kappa shape index (κ3) is 3.37. The van der Waals surface area contributed by atoms with E-state index < -0.39 is 0 Å². The maximum Gasteiger partial charge on any atom is 0.211 e. The van der Waals surface area contributed by atoms with Crippen LogP contribution < -0.4 is 10.6 Å². The van der Waals surface area contributed by atoms with Gasteiger partial charge in [-0.2, -0.15) is 27.0 Å². The molecule has 2 saturated heterocycles. The number of ether oxygens (including phenoxy) is 1. The van der Waals surface area contributed by atoms with E-state index in [0.29, 0.717) is 0 Å². The zero-order valence-electron chi connectivity index (χ0n) is 18.0. The standard InChI is InChI=1S/C22H25N7O.2H2S/c1-14-18(23)22(13-30-14)4-9-28(10-5-22)21-27-12-17(20-26-8-11-29(20)21)15-2-6-24-19-16(15)3-7-25-19;;/h2-3,6-8,11-12,14,18H,4-5,9-10,13,23H2,1H3,(H,24,25);2*1H2/t14-,18+;;/m0../s1. The molecule has 0 aromatic carbocycles. The van der Waals surface area contributed by atoms with Crippen molar-refractivity contribution in [1.29, 1.82) is 0 Å². The average molecular weight is 472 g/mol. The molecule has 6 rings (SSSR count). The van der Waals surface area contributed by atoms with Crippen molar-refractivity contribution in [2.75, 3.05) is 24.6 Å². The maximum atomic E-state index is 6.48. The fraction of sp³-hybridized carbons (Fsp3) is 0.409. The third-order valence-electron chi connectivity index (χ3n) is 7.05. The molecule has 1 spiro atoms. The Hall–Kier alpha value is -2.27. The van der Waals surface area contributed by atoms with E-state index in [1.807, 2.05) is 43.1 Å². The minimum absolute atomic E-state index is 0. The fourth-order valence-corrected chi connectivity index (χ4v) is 5.15. The van der Waals surface area contributed by atoms with Gasteiger partial charge in [0.25, 0.3) is 0 Å². The monoisotopic (exact) mass is 471 g/mol. The molecule has 2 atom stereocenters. The van der Waals surface area contributed by atoms with Crippen molar-refractivity contribution >= 4 is 49.6 Å². The molecule has 4 aromatic rings. The largest absolute Gasteiger partial charge is 0.376 e. The van der Waals surface area contributed by atoms with Gasteiger partial charge in [0, 0.05) is 66.5 Å². The highest BCUT2D eigenvalue weighted by Crippen LogP contribution is 2.42. The second-order valence-electron chi connectivity index (χ2n) is 8.58. The number of anilines is 1. The second kappa shape index (κ2) is 8.58. The molecule has 4 aromatic heterocycles. The number of nitrogens with zero attached hydrogens (tertiary/aromatic N) is 5. The molecule has 0 saturated carbocycles. The lowest BCUT2D eigenvalue weighted by Gasteiger charge is -2.41. The van der Waals surface area contributed by atoms with Crippen molar-refractivity contribution in [2.45, 2.75) is 31.9 Å². The highest BCUT2D eigenvalue weighted by atomic mass is 32.1. The summed E-state index contributed by atoms with van der Waals surface area (Å²) >= 11 is 0. The molecule has 8 nitrogen and oxygen atoms in total. The van der Waals surface area contributed by atoms with E-state index in [9.17, 15) is 0 Å². The minimum atomic E-state index is 0. The van der Waals surface area contributed by atoms with Gasteiger partial charge in [-0.1, -0.05) is 0 Å². The summed E-state index contributed by atoms with van der Waals surface area (Å²) in [6.45, 7) is 4.69. The van der Waals surface area contributed by atoms with Crippen LogP contribution in [0, 0.1) is 5.41 Å². The predicted molar refractivity (Wildman–Crippen MR) is 136 cm³/mol. The predicted octanol–water partition coefficient (Wildman–Crippen LogP) is 2.83. The highest BCUT2D eigenvalue weighted by Gasteiger charge is 2.47. The molecule has 0 unspecified atom stereocenters. The Balaban J connectivity index is 0.00000122. The molecule has 170 valence electrons. The summed E-state index contributed by atoms with van der Waals surface area (Å²) in [5.41, 5.74) is 10.4. The number of nitrogens with one attached hydrogen (secondary N) is 1. The lowest BCUT2D eigenvalue weighted by molar-refractivity contribution is 0.0973. The van der Waals surface area contributed by atoms with Crippen LogP contribution in [-0.4, -0.2) is 56.2 Å². The smallest absolute Gasteiger partial charge is 0.211 e. The number of rotatable bonds is 2. The van der Waals surface area contributed by atoms with Gasteiger partial charge < -0.3 is 20.4 Å². The lowest BCUT2D eigenvalue weighted by atomic mass is 9.73. The second-order valence-corrected chi connectivity index (χ2v) is 8.58. The molecule has 32 heavy (non-hydrogen) atoms. The Kier molecular flexibility index (Phi) is 6.15. The van der Waals surface area contributed by atoms with Crippen LogP contribution in [0.2, 0.25) is 0 Å². The van der Waals surface area contributed by atoms with Crippen LogP contribution in [0.4, 0.5) is 5.95 Å². The number of fused-ring (bicyclic) bond motifs is 2. The highest BCUT2D eigenvalue weighted by molar-refractivity contribution is 7.59. The molecule has 2 aliphatic rings. The van der Waals surface area contributed by atoms with Gasteiger partial charge in [-0.15, -0.1) is 0 Å². The van der Waals surface area contributed by atoms with Crippen molar-refractivity contribution in [1.82, 2.24) is 24.3 Å². The zero-order valence-corrected chi connectivity index (χ0v) is 20.0. The Bertz CT molecular complexity index is 1230. The van der Waals surface area contributed by atoms with E-state index in [2.05, 4.69) is 31.2 Å². The molecule has 3 N–H and O–H groups in total. The lowest BCUT2D eigenvalue weighted by Crippen LogP contribution is -2.51. The maximum absolute atomic E-state index is 6.48. The molecule has 0 amide bonds. The van der Waals surface area contributed by atoms with Crippen molar-refractivity contribution in [3.63, 3.8) is 0 Å². The van der Waals surface area contributed by atoms with E-state index in [1.165, 1.54) is 0 Å². The molecule has 6 heterocycles. The number of aromatic amines is 1. The minimum Gasteiger partial charge on any atom is -0.376 e. The summed E-state index contributed by atoms with van der Waals surface area (Å²) in [5.74, 6) is 0.931. The van der Waals surface area contributed by atoms with Crippen molar-refractivity contribution in [3.8, 4) is 11.1 Å². The molecular formula is C22H29N7OS2. The van der Waals surface area contributed by atoms with Gasteiger partial charge in [-0.05, 0) is 37.5 Å². The van der Waals surface area contributed by atoms with Crippen molar-refractivity contribution in [3.05, 3.63) is 43.1 Å². The van der Waals surface area contributed by atoms with Crippen LogP contribution >= 0.6 is 27.0 Å². The number of pyridine rings is 1. The van der Waals surface area contributed by atoms with Crippen LogP contribution in [-0.2, 0) is 4.74 Å². The van der Waals surface area contributed by atoms with E-state index >= 15 is 0 Å². The van der Waals surface area contributed by atoms with Gasteiger partial charge in [-0.25, -0.2) is 15.0 Å². The van der Waals surface area contributed by atoms with E-state index in [0.717, 1.165) is 66.3 Å². The first-order chi connectivity index (χ1) is 14.7. The number of imidazole rings is 1. The molecule has 2 fully saturated rings. The zero-order chi connectivity index (χ0) is 20.3. The van der Waals surface area contributed by atoms with Gasteiger partial charge in [0.15, 0.2) is 0 Å². The summed E-state index contributed by atoms with van der Waals surface area (Å²) in [5, 5.41) is 1.07. The summed E-state index contributed by atoms with van der Waals surface area (Å²) in [6.07, 6.45) is 11.7. The average Bonchev–Trinajstić information content (AvgIpc) is 3.51. The van der Waals surface area contributed by atoms with E-state index in [1.54, 1.807) is 0 Å². The Labute approximate surface area is 200 Å². The van der Waals surface area contributed by atoms with Crippen LogP contribution in [0.3, 0.4) is 0 Å². The molecule has 2 aliphatic heterocycles. The number of aromatic nitrogens is 5. The molecular weight excluding hydrogens is 442 g/mol. The number of H-pyrrole nitrogens is 1. The Morgan fingerprint density at radius 1 is 1.09 bits per heavy atom. The van der Waals surface area contributed by atoms with Gasteiger partial charge in [0.1, 0.15) is 11.3 Å². The quantitative estimate of drug-likeness (QED) is 0.467. The van der Waals surface area contributed by atoms with Gasteiger partial charge >= 0.3 is 0 Å². The number of hydrogen-bond donors (Lipinski definition) is 2. The van der Waals surface area contributed by atoms with Crippen LogP contribution in [0.5, 0.6) is 0 Å². The van der Waals surface area contributed by atoms with Gasteiger partial charge in [0.2, 0.25) is 5.95 Å². The van der Waals surface area contributed by atoms with Crippen molar-refractivity contribution < 1.29 is 4.74 Å². The number of hydrogen-bond acceptors (Lipinski definition) is 6. The normalized spacial score (nSPS) is 22.2. The van der Waals surface area contributed by atoms with E-state index in [4.69, 9.17) is 15.5 Å². The topological polar surface area (TPSA) is 97.4 Å². The Morgan fingerprint density at radius 2 is 1.91 bits per heavy atom. The first-order valence-corrected chi connectivity index (χ1v) is 10.5. The molecule has 10 heteroatoms. The number of piperidine rings is 1. The Morgan fingerprint density at radius 3 is 2.66 bits per heavy atom. The first-order valence-electron chi connectivity index (χ1n) is 10.5. The van der Waals surface area contributed by atoms with Gasteiger partial charge in [0.05, 0.1) is 12.7 Å². The van der Waals surface area contributed by atoms with E-state index in [-0.39, 0.29) is 44.6 Å². The summed E-state index contributed by atoms with van der Waals surface area (Å²) in [7, 11) is 0. The van der Waals surface area contributed by atoms with Crippen molar-refractivity contribution in [2.24, 2.45) is 11.1 Å². The summed E-state index contributed by atoms with van der Waals surface area (Å²) in [4.78, 5) is 19.5. The molecule has 0 aliphatic carbocycles. The first kappa shape index (κ1) is 22.9. The molecule has 0 radical (unpaired) electrons. The fourth-order valence-electron chi connectivity index (χ4n) is 5.15. The molecule has 0 bridgehead atoms. The summed E-state index contributed by atoms with van der Waals surface area (Å²) < 4.78 is 7.97. The van der Waals surface area contributed by atoms with Gasteiger partial charge in [-0.3, -0.25) is 4.40 Å². The number of nitrogens with two attached hydrogens (primary N) is 1. The summed E-state index contributed by atoms with van der Waals surface area (Å²) in [6, 6.07) is 4.18. The third-order valence-corrected chi connectivity index (χ3v) is 7.05. The van der Waals surface area contributed by atoms with Crippen LogP contribution in [0.15, 0.2) is 43.1 Å². The van der Waals surface area contributed by atoms with Crippen LogP contribution in [0.1, 0.15) is 19.8 Å².